The van der Waals surface area contributed by atoms with E-state index in [1.807, 2.05) is 50.2 Å². The van der Waals surface area contributed by atoms with Crippen molar-refractivity contribution in [1.82, 2.24) is 9.88 Å². The molecule has 0 saturated carbocycles. The van der Waals surface area contributed by atoms with E-state index in [9.17, 15) is 13.2 Å². The number of fused-ring (bicyclic) bond motifs is 1. The van der Waals surface area contributed by atoms with Crippen molar-refractivity contribution in [2.75, 3.05) is 38.3 Å². The summed E-state index contributed by atoms with van der Waals surface area (Å²) >= 11 is 1.33. The van der Waals surface area contributed by atoms with E-state index in [1.165, 1.54) is 17.6 Å². The number of anilines is 1. The van der Waals surface area contributed by atoms with Gasteiger partial charge >= 0.3 is 0 Å². The molecule has 3 rings (SSSR count). The first-order valence-corrected chi connectivity index (χ1v) is 11.5. The van der Waals surface area contributed by atoms with Gasteiger partial charge in [0.2, 0.25) is 0 Å². The van der Waals surface area contributed by atoms with E-state index in [4.69, 9.17) is 0 Å². The third-order valence-electron chi connectivity index (χ3n) is 4.28. The lowest BCUT2D eigenvalue weighted by Gasteiger charge is -2.22. The minimum atomic E-state index is -3.41. The predicted octanol–water partition coefficient (Wildman–Crippen LogP) is 3.64. The van der Waals surface area contributed by atoms with Gasteiger partial charge in [-0.3, -0.25) is 9.69 Å². The van der Waals surface area contributed by atoms with Gasteiger partial charge in [-0.2, -0.15) is 0 Å². The Kier molecular flexibility index (Phi) is 7.40. The Morgan fingerprint density at radius 3 is 2.41 bits per heavy atom. The van der Waals surface area contributed by atoms with Gasteiger partial charge < -0.3 is 4.90 Å². The van der Waals surface area contributed by atoms with Gasteiger partial charge in [-0.05, 0) is 45.3 Å². The van der Waals surface area contributed by atoms with Crippen molar-refractivity contribution in [2.45, 2.75) is 11.8 Å². The number of benzene rings is 2. The van der Waals surface area contributed by atoms with Crippen LogP contribution in [0.25, 0.3) is 10.2 Å². The second-order valence-corrected chi connectivity index (χ2v) is 9.99. The van der Waals surface area contributed by atoms with Crippen molar-refractivity contribution in [3.8, 4) is 0 Å². The Morgan fingerprint density at radius 2 is 1.79 bits per heavy atom. The van der Waals surface area contributed by atoms with Crippen molar-refractivity contribution in [1.29, 1.82) is 0 Å². The molecule has 0 unspecified atom stereocenters. The number of thiazole rings is 1. The van der Waals surface area contributed by atoms with E-state index in [-0.39, 0.29) is 23.2 Å². The molecule has 9 heteroatoms. The minimum Gasteiger partial charge on any atom is -0.308 e. The highest BCUT2D eigenvalue weighted by atomic mass is 35.5. The highest BCUT2D eigenvalue weighted by molar-refractivity contribution is 7.91. The summed E-state index contributed by atoms with van der Waals surface area (Å²) in [5, 5.41) is 0.499. The van der Waals surface area contributed by atoms with Crippen LogP contribution in [0.1, 0.15) is 15.9 Å². The second-order valence-electron chi connectivity index (χ2n) is 7.00. The van der Waals surface area contributed by atoms with Crippen LogP contribution in [0.4, 0.5) is 5.13 Å². The van der Waals surface area contributed by atoms with Gasteiger partial charge in [0.05, 0.1) is 9.60 Å². The van der Waals surface area contributed by atoms with Crippen LogP contribution in [-0.4, -0.2) is 57.6 Å². The van der Waals surface area contributed by atoms with Crippen molar-refractivity contribution >= 4 is 54.8 Å². The smallest absolute Gasteiger partial charge is 0.260 e. The Hall–Kier alpha value is -2.00. The Bertz CT molecular complexity index is 1130. The molecule has 0 spiro atoms. The maximum absolute atomic E-state index is 13.2. The Labute approximate surface area is 181 Å². The molecular formula is C20H24ClN3O3S2. The molecule has 29 heavy (non-hydrogen) atoms. The zero-order valence-corrected chi connectivity index (χ0v) is 19.2. The molecule has 0 fully saturated rings. The fourth-order valence-corrected chi connectivity index (χ4v) is 4.76. The molecule has 1 heterocycles. The summed E-state index contributed by atoms with van der Waals surface area (Å²) in [6, 6.07) is 12.5. The summed E-state index contributed by atoms with van der Waals surface area (Å²) in [5.41, 5.74) is 2.00. The summed E-state index contributed by atoms with van der Waals surface area (Å²) in [4.78, 5) is 21.6. The van der Waals surface area contributed by atoms with Crippen LogP contribution in [0.2, 0.25) is 0 Å². The predicted molar refractivity (Wildman–Crippen MR) is 121 cm³/mol. The molecule has 0 N–H and O–H groups in total. The number of carbonyl (C=O) groups is 1. The number of likely N-dealkylation sites (N-methyl/N-ethyl adjacent to an activating group) is 1. The molecule has 0 bridgehead atoms. The number of halogens is 1. The lowest BCUT2D eigenvalue weighted by molar-refractivity contribution is 0.0985. The van der Waals surface area contributed by atoms with Gasteiger partial charge in [-0.25, -0.2) is 13.4 Å². The number of para-hydroxylation sites is 1. The molecule has 1 amide bonds. The first-order valence-electron chi connectivity index (χ1n) is 8.79. The highest BCUT2D eigenvalue weighted by Gasteiger charge is 2.23. The topological polar surface area (TPSA) is 70.6 Å². The maximum atomic E-state index is 13.2. The third kappa shape index (κ3) is 5.33. The molecule has 6 nitrogen and oxygen atoms in total. The first-order chi connectivity index (χ1) is 13.2. The van der Waals surface area contributed by atoms with E-state index < -0.39 is 9.84 Å². The van der Waals surface area contributed by atoms with E-state index in [0.717, 1.165) is 10.3 Å². The van der Waals surface area contributed by atoms with Crippen LogP contribution in [0.3, 0.4) is 0 Å². The maximum Gasteiger partial charge on any atom is 0.260 e. The summed E-state index contributed by atoms with van der Waals surface area (Å²) in [5.74, 6) is -0.148. The van der Waals surface area contributed by atoms with Crippen LogP contribution < -0.4 is 4.90 Å². The standard InChI is InChI=1S/C20H23N3O3S2.ClH/c1-14-7-5-8-15(13-14)19(24)23(12-11-22(2)3)20-21-18-16(27-20)9-6-10-17(18)28(4,25)26;/h5-10,13H,11-12H2,1-4H3;1H. The van der Waals surface area contributed by atoms with Gasteiger partial charge in [0.25, 0.3) is 5.91 Å². The summed E-state index contributed by atoms with van der Waals surface area (Å²) in [7, 11) is 0.467. The molecule has 0 saturated heterocycles. The number of hydrogen-bond acceptors (Lipinski definition) is 6. The fraction of sp³-hybridized carbons (Fsp3) is 0.300. The van der Waals surface area contributed by atoms with Gasteiger partial charge in [-0.1, -0.05) is 35.1 Å². The van der Waals surface area contributed by atoms with Gasteiger partial charge in [0.15, 0.2) is 15.0 Å². The average Bonchev–Trinajstić information content (AvgIpc) is 3.04. The number of aromatic nitrogens is 1. The number of hydrogen-bond donors (Lipinski definition) is 0. The van der Waals surface area contributed by atoms with Crippen molar-refractivity contribution in [3.05, 3.63) is 53.6 Å². The van der Waals surface area contributed by atoms with Gasteiger partial charge in [0, 0.05) is 24.9 Å². The zero-order chi connectivity index (χ0) is 20.5. The quantitative estimate of drug-likeness (QED) is 0.569. The number of rotatable bonds is 6. The summed E-state index contributed by atoms with van der Waals surface area (Å²) in [6.45, 7) is 3.05. The van der Waals surface area contributed by atoms with E-state index in [2.05, 4.69) is 4.98 Å². The first kappa shape index (κ1) is 23.3. The number of carbonyl (C=O) groups excluding carboxylic acids is 1. The molecule has 0 aliphatic rings. The Morgan fingerprint density at radius 1 is 1.10 bits per heavy atom. The largest absolute Gasteiger partial charge is 0.308 e. The molecule has 0 atom stereocenters. The fourth-order valence-electron chi connectivity index (χ4n) is 2.84. The molecule has 2 aromatic carbocycles. The normalized spacial score (nSPS) is 11.5. The number of aryl methyl sites for hydroxylation is 1. The average molecular weight is 454 g/mol. The lowest BCUT2D eigenvalue weighted by Crippen LogP contribution is -2.36. The third-order valence-corrected chi connectivity index (χ3v) is 6.45. The van der Waals surface area contributed by atoms with Crippen molar-refractivity contribution < 1.29 is 13.2 Å². The Balaban J connectivity index is 0.00000300. The molecule has 156 valence electrons. The van der Waals surface area contributed by atoms with Crippen molar-refractivity contribution in [2.24, 2.45) is 0 Å². The zero-order valence-electron chi connectivity index (χ0n) is 16.7. The number of amides is 1. The molecule has 0 aliphatic heterocycles. The van der Waals surface area contributed by atoms with Gasteiger partial charge in [0.1, 0.15) is 5.52 Å². The molecule has 3 aromatic rings. The van der Waals surface area contributed by atoms with Gasteiger partial charge in [-0.15, -0.1) is 12.4 Å². The van der Waals surface area contributed by atoms with E-state index >= 15 is 0 Å². The van der Waals surface area contributed by atoms with Crippen LogP contribution in [0, 0.1) is 6.92 Å². The molecular weight excluding hydrogens is 430 g/mol. The lowest BCUT2D eigenvalue weighted by atomic mass is 10.1. The number of sulfone groups is 1. The SMILES string of the molecule is Cc1cccc(C(=O)N(CCN(C)C)c2nc3c(S(C)(=O)=O)cccc3s2)c1.Cl. The summed E-state index contributed by atoms with van der Waals surface area (Å²) < 4.78 is 25.0. The molecule has 0 aliphatic carbocycles. The number of nitrogens with zero attached hydrogens (tertiary/aromatic N) is 3. The molecule has 0 radical (unpaired) electrons. The van der Waals surface area contributed by atoms with E-state index in [1.54, 1.807) is 23.1 Å². The van der Waals surface area contributed by atoms with Crippen molar-refractivity contribution in [3.63, 3.8) is 0 Å². The van der Waals surface area contributed by atoms with Crippen LogP contribution >= 0.6 is 23.7 Å². The molecule has 1 aromatic heterocycles. The van der Waals surface area contributed by atoms with E-state index in [0.29, 0.717) is 29.3 Å². The minimum absolute atomic E-state index is 0. The summed E-state index contributed by atoms with van der Waals surface area (Å²) in [6.07, 6.45) is 1.17. The highest BCUT2D eigenvalue weighted by Crippen LogP contribution is 2.33. The van der Waals surface area contributed by atoms with Crippen LogP contribution in [0.5, 0.6) is 0 Å². The van der Waals surface area contributed by atoms with Crippen LogP contribution in [0.15, 0.2) is 47.4 Å². The van der Waals surface area contributed by atoms with Crippen LogP contribution in [-0.2, 0) is 9.84 Å². The monoisotopic (exact) mass is 453 g/mol. The second kappa shape index (κ2) is 9.21.